The number of aromatic hydroxyl groups is 1. The Hall–Kier alpha value is -3.86. The van der Waals surface area contributed by atoms with Crippen molar-refractivity contribution in [1.29, 1.82) is 0 Å². The van der Waals surface area contributed by atoms with Crippen LogP contribution < -0.4 is 20.3 Å². The molecule has 3 rings (SSSR count). The molecule has 1 heterocycles. The van der Waals surface area contributed by atoms with Crippen LogP contribution in [0.5, 0.6) is 17.4 Å². The molecule has 0 aliphatic carbocycles. The highest BCUT2D eigenvalue weighted by Crippen LogP contribution is 2.38. The highest BCUT2D eigenvalue weighted by atomic mass is 32.2. The fourth-order valence-electron chi connectivity index (χ4n) is 3.61. The van der Waals surface area contributed by atoms with Gasteiger partial charge in [-0.1, -0.05) is 19.4 Å². The van der Waals surface area contributed by atoms with Crippen molar-refractivity contribution < 1.29 is 27.8 Å². The summed E-state index contributed by atoms with van der Waals surface area (Å²) in [4.78, 5) is 27.7. The van der Waals surface area contributed by atoms with Gasteiger partial charge in [0.05, 0.1) is 19.1 Å². The molecule has 35 heavy (non-hydrogen) atoms. The highest BCUT2D eigenvalue weighted by molar-refractivity contribution is 7.91. The second-order valence-electron chi connectivity index (χ2n) is 7.54. The van der Waals surface area contributed by atoms with E-state index in [2.05, 4.69) is 10.3 Å². The molecule has 0 bridgehead atoms. The number of unbranched alkanes of at least 4 members (excludes halogenated alkanes) is 1. The van der Waals surface area contributed by atoms with Crippen molar-refractivity contribution in [3.05, 3.63) is 64.2 Å². The number of carbonyl (C=O) groups is 1. The van der Waals surface area contributed by atoms with E-state index in [1.54, 1.807) is 18.2 Å². The number of methoxy groups -OCH3 is 2. The SMILES string of the molecule is CCCCc1nc(=O)c(S(=O)(=O)c2ccc(C(=O)NC)cc2)c(O)n1-c1c(OC)cccc1OC. The number of benzene rings is 2. The Morgan fingerprint density at radius 1 is 1.09 bits per heavy atom. The molecule has 0 spiro atoms. The molecule has 0 saturated heterocycles. The molecule has 2 aromatic carbocycles. The van der Waals surface area contributed by atoms with Crippen molar-refractivity contribution in [2.24, 2.45) is 0 Å². The number of rotatable bonds is 9. The Kier molecular flexibility index (Phi) is 7.80. The molecule has 11 heteroatoms. The van der Waals surface area contributed by atoms with Crippen LogP contribution in [0.4, 0.5) is 0 Å². The fourth-order valence-corrected chi connectivity index (χ4v) is 4.95. The van der Waals surface area contributed by atoms with E-state index >= 15 is 0 Å². The van der Waals surface area contributed by atoms with Crippen molar-refractivity contribution >= 4 is 15.7 Å². The number of amides is 1. The van der Waals surface area contributed by atoms with Crippen LogP contribution in [0.3, 0.4) is 0 Å². The van der Waals surface area contributed by atoms with Crippen LogP contribution in [0.1, 0.15) is 35.9 Å². The zero-order valence-electron chi connectivity index (χ0n) is 19.9. The molecule has 10 nitrogen and oxygen atoms in total. The van der Waals surface area contributed by atoms with Crippen molar-refractivity contribution in [1.82, 2.24) is 14.9 Å². The summed E-state index contributed by atoms with van der Waals surface area (Å²) in [6.07, 6.45) is 1.70. The first kappa shape index (κ1) is 25.8. The van der Waals surface area contributed by atoms with Gasteiger partial charge in [0.25, 0.3) is 11.5 Å². The Balaban J connectivity index is 2.33. The van der Waals surface area contributed by atoms with Gasteiger partial charge >= 0.3 is 0 Å². The topological polar surface area (TPSA) is 137 Å². The number of carbonyl (C=O) groups excluding carboxylic acids is 1. The normalized spacial score (nSPS) is 11.2. The van der Waals surface area contributed by atoms with Gasteiger partial charge in [0, 0.05) is 19.0 Å². The third-order valence-corrected chi connectivity index (χ3v) is 7.19. The van der Waals surface area contributed by atoms with Gasteiger partial charge in [-0.3, -0.25) is 14.2 Å². The summed E-state index contributed by atoms with van der Waals surface area (Å²) < 4.78 is 39.0. The van der Waals surface area contributed by atoms with Gasteiger partial charge in [-0.25, -0.2) is 8.42 Å². The minimum Gasteiger partial charge on any atom is -0.494 e. The maximum Gasteiger partial charge on any atom is 0.296 e. The molecule has 1 aromatic heterocycles. The number of hydrogen-bond acceptors (Lipinski definition) is 8. The molecule has 0 aliphatic rings. The number of aromatic nitrogens is 2. The van der Waals surface area contributed by atoms with E-state index in [0.29, 0.717) is 12.8 Å². The quantitative estimate of drug-likeness (QED) is 0.456. The van der Waals surface area contributed by atoms with Crippen molar-refractivity contribution in [2.75, 3.05) is 21.3 Å². The third kappa shape index (κ3) is 4.85. The van der Waals surface area contributed by atoms with Gasteiger partial charge in [0.1, 0.15) is 23.0 Å². The number of nitrogens with one attached hydrogen (secondary N) is 1. The largest absolute Gasteiger partial charge is 0.494 e. The number of ether oxygens (including phenoxy) is 2. The van der Waals surface area contributed by atoms with Crippen molar-refractivity contribution in [2.45, 2.75) is 36.0 Å². The lowest BCUT2D eigenvalue weighted by Crippen LogP contribution is -2.25. The molecule has 0 aliphatic heterocycles. The minimum atomic E-state index is -4.52. The maximum atomic E-state index is 13.5. The van der Waals surface area contributed by atoms with Crippen LogP contribution in [-0.4, -0.2) is 50.2 Å². The number of sulfone groups is 1. The lowest BCUT2D eigenvalue weighted by atomic mass is 10.2. The Morgan fingerprint density at radius 2 is 1.69 bits per heavy atom. The van der Waals surface area contributed by atoms with E-state index in [-0.39, 0.29) is 33.5 Å². The van der Waals surface area contributed by atoms with E-state index in [1.165, 1.54) is 50.1 Å². The molecule has 0 radical (unpaired) electrons. The zero-order chi connectivity index (χ0) is 25.8. The van der Waals surface area contributed by atoms with Gasteiger partial charge in [-0.05, 0) is 42.8 Å². The summed E-state index contributed by atoms with van der Waals surface area (Å²) in [6.45, 7) is 1.95. The van der Waals surface area contributed by atoms with Gasteiger partial charge in [-0.15, -0.1) is 0 Å². The van der Waals surface area contributed by atoms with Gasteiger partial charge in [0.15, 0.2) is 4.90 Å². The minimum absolute atomic E-state index is 0.158. The smallest absolute Gasteiger partial charge is 0.296 e. The molecule has 0 saturated carbocycles. The van der Waals surface area contributed by atoms with E-state index in [0.717, 1.165) is 6.42 Å². The molecule has 2 N–H and O–H groups in total. The number of nitrogens with zero attached hydrogens (tertiary/aromatic N) is 2. The number of aryl methyl sites for hydroxylation is 1. The van der Waals surface area contributed by atoms with Crippen LogP contribution in [0.25, 0.3) is 5.69 Å². The monoisotopic (exact) mass is 501 g/mol. The van der Waals surface area contributed by atoms with Crippen molar-refractivity contribution in [3.8, 4) is 23.1 Å². The van der Waals surface area contributed by atoms with E-state index < -0.39 is 32.1 Å². The summed E-state index contributed by atoms with van der Waals surface area (Å²) in [7, 11) is -0.227. The fraction of sp³-hybridized carbons (Fsp3) is 0.292. The molecular weight excluding hydrogens is 474 g/mol. The zero-order valence-corrected chi connectivity index (χ0v) is 20.7. The second-order valence-corrected chi connectivity index (χ2v) is 9.43. The number of para-hydroxylation sites is 1. The summed E-state index contributed by atoms with van der Waals surface area (Å²) in [5, 5.41) is 13.7. The molecule has 0 atom stereocenters. The summed E-state index contributed by atoms with van der Waals surface area (Å²) >= 11 is 0. The highest BCUT2D eigenvalue weighted by Gasteiger charge is 2.31. The first-order valence-corrected chi connectivity index (χ1v) is 12.3. The summed E-state index contributed by atoms with van der Waals surface area (Å²) in [6, 6.07) is 9.91. The predicted octanol–water partition coefficient (Wildman–Crippen LogP) is 2.49. The molecule has 0 fully saturated rings. The van der Waals surface area contributed by atoms with Crippen LogP contribution in [0, 0.1) is 0 Å². The average Bonchev–Trinajstić information content (AvgIpc) is 2.86. The Labute approximate surface area is 203 Å². The summed E-state index contributed by atoms with van der Waals surface area (Å²) in [5.74, 6) is -0.494. The first-order chi connectivity index (χ1) is 16.7. The maximum absolute atomic E-state index is 13.5. The third-order valence-electron chi connectivity index (χ3n) is 5.40. The van der Waals surface area contributed by atoms with E-state index in [9.17, 15) is 23.1 Å². The molecule has 1 amide bonds. The molecular formula is C24H27N3O7S. The van der Waals surface area contributed by atoms with E-state index in [4.69, 9.17) is 9.47 Å². The van der Waals surface area contributed by atoms with Gasteiger partial charge < -0.3 is 19.9 Å². The lowest BCUT2D eigenvalue weighted by molar-refractivity contribution is 0.0963. The van der Waals surface area contributed by atoms with Crippen LogP contribution in [0.15, 0.2) is 57.1 Å². The molecule has 186 valence electrons. The average molecular weight is 502 g/mol. The second kappa shape index (κ2) is 10.6. The predicted molar refractivity (Wildman–Crippen MR) is 128 cm³/mol. The van der Waals surface area contributed by atoms with Crippen molar-refractivity contribution in [3.63, 3.8) is 0 Å². The number of hydrogen-bond donors (Lipinski definition) is 2. The van der Waals surface area contributed by atoms with Crippen LogP contribution in [-0.2, 0) is 16.3 Å². The summed E-state index contributed by atoms with van der Waals surface area (Å²) in [5.41, 5.74) is -0.644. The van der Waals surface area contributed by atoms with Crippen LogP contribution in [0.2, 0.25) is 0 Å². The lowest BCUT2D eigenvalue weighted by Gasteiger charge is -2.21. The first-order valence-electron chi connectivity index (χ1n) is 10.8. The van der Waals surface area contributed by atoms with Crippen LogP contribution >= 0.6 is 0 Å². The van der Waals surface area contributed by atoms with Gasteiger partial charge in [0.2, 0.25) is 15.7 Å². The standard InChI is InChI=1S/C24H27N3O7S/c1-5-6-10-19-26-23(29)21(35(31,32)16-13-11-15(12-14-16)22(28)25-2)24(30)27(19)20-17(33-3)8-7-9-18(20)34-4/h7-9,11-14,30H,5-6,10H2,1-4H3,(H,25,28). The Bertz CT molecular complexity index is 1380. The molecule has 0 unspecified atom stereocenters. The van der Waals surface area contributed by atoms with Gasteiger partial charge in [-0.2, -0.15) is 4.98 Å². The molecule has 3 aromatic rings. The van der Waals surface area contributed by atoms with E-state index in [1.807, 2.05) is 6.92 Å². The Morgan fingerprint density at radius 3 is 2.20 bits per heavy atom.